The molecule has 0 atom stereocenters. The van der Waals surface area contributed by atoms with Crippen LogP contribution in [0.1, 0.15) is 4.88 Å². The fourth-order valence-corrected chi connectivity index (χ4v) is 3.26. The van der Waals surface area contributed by atoms with Gasteiger partial charge in [-0.1, -0.05) is 48.0 Å². The summed E-state index contributed by atoms with van der Waals surface area (Å²) in [7, 11) is 0. The molecule has 0 aliphatic heterocycles. The normalized spacial score (nSPS) is 10.9. The maximum atomic E-state index is 6.45. The maximum Gasteiger partial charge on any atom is 0.0715 e. The van der Waals surface area contributed by atoms with Gasteiger partial charge in [0.2, 0.25) is 0 Å². The number of rotatable bonds is 6. The summed E-state index contributed by atoms with van der Waals surface area (Å²) < 4.78 is 0. The van der Waals surface area contributed by atoms with E-state index >= 15 is 0 Å². The van der Waals surface area contributed by atoms with Crippen molar-refractivity contribution in [3.63, 3.8) is 0 Å². The highest BCUT2D eigenvalue weighted by molar-refractivity contribution is 7.09. The molecule has 21 heavy (non-hydrogen) atoms. The first-order chi connectivity index (χ1) is 10.3. The summed E-state index contributed by atoms with van der Waals surface area (Å²) in [6.45, 7) is 2.68. The smallest absolute Gasteiger partial charge is 0.0715 e. The monoisotopic (exact) mass is 316 g/mol. The Labute approximate surface area is 133 Å². The first-order valence-corrected chi connectivity index (χ1v) is 8.24. The van der Waals surface area contributed by atoms with Gasteiger partial charge in [-0.3, -0.25) is 0 Å². The van der Waals surface area contributed by atoms with Gasteiger partial charge in [0.15, 0.2) is 0 Å². The minimum Gasteiger partial charge on any atom is -0.383 e. The summed E-state index contributed by atoms with van der Waals surface area (Å²) in [6, 6.07) is 16.5. The van der Waals surface area contributed by atoms with Crippen LogP contribution in [0, 0.1) is 0 Å². The number of hydrogen-bond acceptors (Lipinski definition) is 3. The molecule has 2 nitrogen and oxygen atoms in total. The SMILES string of the molecule is Clc1c(NCCNCc2cccs2)ccc2ccccc12. The Morgan fingerprint density at radius 1 is 0.952 bits per heavy atom. The van der Waals surface area contributed by atoms with Crippen LogP contribution >= 0.6 is 22.9 Å². The molecule has 0 fully saturated rings. The summed E-state index contributed by atoms with van der Waals surface area (Å²) in [5.74, 6) is 0. The van der Waals surface area contributed by atoms with E-state index in [0.717, 1.165) is 35.7 Å². The zero-order chi connectivity index (χ0) is 14.5. The zero-order valence-corrected chi connectivity index (χ0v) is 13.2. The quantitative estimate of drug-likeness (QED) is 0.641. The molecule has 108 valence electrons. The van der Waals surface area contributed by atoms with Crippen LogP contribution in [0.5, 0.6) is 0 Å². The van der Waals surface area contributed by atoms with E-state index in [1.807, 2.05) is 18.2 Å². The number of hydrogen-bond donors (Lipinski definition) is 2. The number of thiophene rings is 1. The lowest BCUT2D eigenvalue weighted by atomic mass is 10.1. The molecule has 3 aromatic rings. The second-order valence-corrected chi connectivity index (χ2v) is 6.24. The first kappa shape index (κ1) is 14.4. The van der Waals surface area contributed by atoms with E-state index in [0.29, 0.717) is 0 Å². The molecule has 1 aromatic heterocycles. The van der Waals surface area contributed by atoms with Crippen molar-refractivity contribution in [3.8, 4) is 0 Å². The van der Waals surface area contributed by atoms with Gasteiger partial charge in [-0.25, -0.2) is 0 Å². The van der Waals surface area contributed by atoms with E-state index in [2.05, 4.69) is 46.3 Å². The number of benzene rings is 2. The van der Waals surface area contributed by atoms with Crippen molar-refractivity contribution in [2.45, 2.75) is 6.54 Å². The molecule has 0 aliphatic rings. The van der Waals surface area contributed by atoms with Crippen LogP contribution in [0.2, 0.25) is 5.02 Å². The lowest BCUT2D eigenvalue weighted by molar-refractivity contribution is 0.714. The van der Waals surface area contributed by atoms with E-state index in [1.165, 1.54) is 10.3 Å². The first-order valence-electron chi connectivity index (χ1n) is 6.99. The third-order valence-corrected chi connectivity index (χ3v) is 4.64. The molecule has 2 aromatic carbocycles. The average molecular weight is 317 g/mol. The van der Waals surface area contributed by atoms with Gasteiger partial charge in [-0.15, -0.1) is 11.3 Å². The Balaban J connectivity index is 1.54. The van der Waals surface area contributed by atoms with Gasteiger partial charge in [0.05, 0.1) is 10.7 Å². The fraction of sp³-hybridized carbons (Fsp3) is 0.176. The molecular formula is C17H17ClN2S. The van der Waals surface area contributed by atoms with Crippen LogP contribution in [0.4, 0.5) is 5.69 Å². The molecule has 0 amide bonds. The Hall–Kier alpha value is -1.55. The third kappa shape index (κ3) is 3.56. The Morgan fingerprint density at radius 2 is 1.86 bits per heavy atom. The zero-order valence-electron chi connectivity index (χ0n) is 11.6. The standard InChI is InChI=1S/C17H17ClN2S/c18-17-15-6-2-1-4-13(15)7-8-16(17)20-10-9-19-12-14-5-3-11-21-14/h1-8,11,19-20H,9-10,12H2. The van der Waals surface area contributed by atoms with E-state index in [9.17, 15) is 0 Å². The molecule has 1 heterocycles. The van der Waals surface area contributed by atoms with Crippen LogP contribution in [0.15, 0.2) is 53.9 Å². The molecular weight excluding hydrogens is 300 g/mol. The van der Waals surface area contributed by atoms with Crippen molar-refractivity contribution >= 4 is 39.4 Å². The molecule has 0 bridgehead atoms. The minimum atomic E-state index is 0.798. The molecule has 0 spiro atoms. The van der Waals surface area contributed by atoms with Crippen molar-refractivity contribution < 1.29 is 0 Å². The number of anilines is 1. The fourth-order valence-electron chi connectivity index (χ4n) is 2.28. The second kappa shape index (κ2) is 6.94. The van der Waals surface area contributed by atoms with Gasteiger partial charge < -0.3 is 10.6 Å². The van der Waals surface area contributed by atoms with E-state index in [-0.39, 0.29) is 0 Å². The number of fused-ring (bicyclic) bond motifs is 1. The summed E-state index contributed by atoms with van der Waals surface area (Å²) in [5, 5.41) is 12.0. The van der Waals surface area contributed by atoms with Crippen molar-refractivity contribution in [1.29, 1.82) is 0 Å². The number of nitrogens with one attached hydrogen (secondary N) is 2. The summed E-state index contributed by atoms with van der Waals surface area (Å²) in [6.07, 6.45) is 0. The lowest BCUT2D eigenvalue weighted by Gasteiger charge is -2.11. The lowest BCUT2D eigenvalue weighted by Crippen LogP contribution is -2.21. The van der Waals surface area contributed by atoms with Gasteiger partial charge >= 0.3 is 0 Å². The average Bonchev–Trinajstić information content (AvgIpc) is 3.03. The van der Waals surface area contributed by atoms with Crippen LogP contribution in [-0.4, -0.2) is 13.1 Å². The minimum absolute atomic E-state index is 0.798. The molecule has 4 heteroatoms. The highest BCUT2D eigenvalue weighted by Crippen LogP contribution is 2.30. The Morgan fingerprint density at radius 3 is 2.71 bits per heavy atom. The molecule has 0 saturated carbocycles. The highest BCUT2D eigenvalue weighted by Gasteiger charge is 2.04. The Kier molecular flexibility index (Phi) is 4.76. The highest BCUT2D eigenvalue weighted by atomic mass is 35.5. The van der Waals surface area contributed by atoms with Crippen molar-refractivity contribution in [3.05, 3.63) is 63.8 Å². The maximum absolute atomic E-state index is 6.45. The van der Waals surface area contributed by atoms with Crippen molar-refractivity contribution in [1.82, 2.24) is 5.32 Å². The van der Waals surface area contributed by atoms with E-state index < -0.39 is 0 Å². The molecule has 2 N–H and O–H groups in total. The molecule has 0 aliphatic carbocycles. The number of halogens is 1. The van der Waals surface area contributed by atoms with Gasteiger partial charge in [-0.05, 0) is 22.9 Å². The van der Waals surface area contributed by atoms with Gasteiger partial charge in [-0.2, -0.15) is 0 Å². The third-order valence-electron chi connectivity index (χ3n) is 3.36. The summed E-state index contributed by atoms with van der Waals surface area (Å²) >= 11 is 8.23. The van der Waals surface area contributed by atoms with E-state index in [4.69, 9.17) is 11.6 Å². The molecule has 3 rings (SSSR count). The molecule has 0 unspecified atom stereocenters. The Bertz CT molecular complexity index is 710. The van der Waals surface area contributed by atoms with Crippen LogP contribution in [-0.2, 0) is 6.54 Å². The van der Waals surface area contributed by atoms with Crippen LogP contribution < -0.4 is 10.6 Å². The van der Waals surface area contributed by atoms with Crippen LogP contribution in [0.3, 0.4) is 0 Å². The van der Waals surface area contributed by atoms with Crippen molar-refractivity contribution in [2.75, 3.05) is 18.4 Å². The predicted octanol–water partition coefficient (Wildman–Crippen LogP) is 4.76. The van der Waals surface area contributed by atoms with Gasteiger partial charge in [0.25, 0.3) is 0 Å². The molecule has 0 radical (unpaired) electrons. The predicted molar refractivity (Wildman–Crippen MR) is 93.5 cm³/mol. The largest absolute Gasteiger partial charge is 0.383 e. The van der Waals surface area contributed by atoms with E-state index in [1.54, 1.807) is 11.3 Å². The summed E-state index contributed by atoms with van der Waals surface area (Å²) in [4.78, 5) is 1.36. The van der Waals surface area contributed by atoms with Gasteiger partial charge in [0.1, 0.15) is 0 Å². The second-order valence-electron chi connectivity index (χ2n) is 4.83. The molecule has 0 saturated heterocycles. The van der Waals surface area contributed by atoms with Crippen molar-refractivity contribution in [2.24, 2.45) is 0 Å². The summed E-state index contributed by atoms with van der Waals surface area (Å²) in [5.41, 5.74) is 0.994. The topological polar surface area (TPSA) is 24.1 Å². The van der Waals surface area contributed by atoms with Gasteiger partial charge in [0, 0.05) is 29.9 Å². The van der Waals surface area contributed by atoms with Crippen LogP contribution in [0.25, 0.3) is 10.8 Å².